The van der Waals surface area contributed by atoms with Gasteiger partial charge in [0, 0.05) is 27.0 Å². The number of carbonyl (C=O) groups excluding carboxylic acids is 2. The number of nitrogens with one attached hydrogen (secondary N) is 1. The minimum atomic E-state index is -0.651. The summed E-state index contributed by atoms with van der Waals surface area (Å²) in [6.07, 6.45) is 1.77. The van der Waals surface area contributed by atoms with Crippen LogP contribution in [0.25, 0.3) is 0 Å². The van der Waals surface area contributed by atoms with Crippen LogP contribution in [0, 0.1) is 0 Å². The molecule has 0 aromatic heterocycles. The van der Waals surface area contributed by atoms with E-state index in [9.17, 15) is 9.59 Å². The average molecular weight is 350 g/mol. The molecule has 0 heterocycles. The summed E-state index contributed by atoms with van der Waals surface area (Å²) < 4.78 is 15.7. The predicted molar refractivity (Wildman–Crippen MR) is 93.2 cm³/mol. The summed E-state index contributed by atoms with van der Waals surface area (Å²) >= 11 is 0. The molecule has 2 unspecified atom stereocenters. The van der Waals surface area contributed by atoms with Crippen LogP contribution in [0.2, 0.25) is 0 Å². The van der Waals surface area contributed by atoms with Gasteiger partial charge in [-0.3, -0.25) is 9.59 Å². The van der Waals surface area contributed by atoms with Gasteiger partial charge in [-0.1, -0.05) is 12.1 Å². The van der Waals surface area contributed by atoms with Gasteiger partial charge < -0.3 is 24.4 Å². The second-order valence-electron chi connectivity index (χ2n) is 6.03. The van der Waals surface area contributed by atoms with Crippen LogP contribution in [0.5, 0.6) is 0 Å². The minimum Gasteiger partial charge on any atom is -0.382 e. The number of carbonyl (C=O) groups is 2. The van der Waals surface area contributed by atoms with Crippen molar-refractivity contribution < 1.29 is 23.8 Å². The standard InChI is InChI=1S/C18H26N2O5/c1-20(15-7-8-16(15)24-3)18(22)17(21)19-14-6-4-5-13(11-14)12-25-10-9-23-2/h4-6,11,15-16H,7-10,12H2,1-3H3,(H,19,21). The van der Waals surface area contributed by atoms with E-state index < -0.39 is 11.8 Å². The highest BCUT2D eigenvalue weighted by molar-refractivity contribution is 6.39. The highest BCUT2D eigenvalue weighted by Crippen LogP contribution is 2.27. The largest absolute Gasteiger partial charge is 0.382 e. The lowest BCUT2D eigenvalue weighted by atomic mass is 9.88. The van der Waals surface area contributed by atoms with E-state index in [1.54, 1.807) is 33.4 Å². The molecule has 1 aromatic carbocycles. The van der Waals surface area contributed by atoms with Gasteiger partial charge in [-0.05, 0) is 30.5 Å². The van der Waals surface area contributed by atoms with Crippen molar-refractivity contribution in [3.05, 3.63) is 29.8 Å². The quantitative estimate of drug-likeness (QED) is 0.567. The SMILES string of the molecule is COCCOCc1cccc(NC(=O)C(=O)N(C)C2CCC2OC)c1. The maximum absolute atomic E-state index is 12.3. The third-order valence-corrected chi connectivity index (χ3v) is 4.38. The van der Waals surface area contributed by atoms with Crippen molar-refractivity contribution in [1.82, 2.24) is 4.90 Å². The number of ether oxygens (including phenoxy) is 3. The number of hydrogen-bond acceptors (Lipinski definition) is 5. The molecule has 25 heavy (non-hydrogen) atoms. The molecular weight excluding hydrogens is 324 g/mol. The van der Waals surface area contributed by atoms with Gasteiger partial charge in [0.05, 0.1) is 32.0 Å². The van der Waals surface area contributed by atoms with Crippen LogP contribution in [0.1, 0.15) is 18.4 Å². The molecule has 2 amide bonds. The summed E-state index contributed by atoms with van der Waals surface area (Å²) in [5.74, 6) is -1.21. The number of likely N-dealkylation sites (N-methyl/N-ethyl adjacent to an activating group) is 1. The highest BCUT2D eigenvalue weighted by Gasteiger charge is 2.37. The van der Waals surface area contributed by atoms with Crippen molar-refractivity contribution in [3.8, 4) is 0 Å². The van der Waals surface area contributed by atoms with Gasteiger partial charge in [-0.2, -0.15) is 0 Å². The van der Waals surface area contributed by atoms with Crippen LogP contribution < -0.4 is 5.32 Å². The van der Waals surface area contributed by atoms with Gasteiger partial charge in [0.1, 0.15) is 0 Å². The Morgan fingerprint density at radius 1 is 1.24 bits per heavy atom. The normalized spacial score (nSPS) is 19.2. The molecule has 1 N–H and O–H groups in total. The van der Waals surface area contributed by atoms with Crippen molar-refractivity contribution in [3.63, 3.8) is 0 Å². The van der Waals surface area contributed by atoms with Gasteiger partial charge in [-0.15, -0.1) is 0 Å². The molecule has 1 aromatic rings. The maximum Gasteiger partial charge on any atom is 0.313 e. The topological polar surface area (TPSA) is 77.1 Å². The Labute approximate surface area is 148 Å². The number of amides is 2. The predicted octanol–water partition coefficient (Wildman–Crippen LogP) is 1.42. The van der Waals surface area contributed by atoms with Gasteiger partial charge in [-0.25, -0.2) is 0 Å². The third kappa shape index (κ3) is 5.26. The van der Waals surface area contributed by atoms with E-state index in [1.807, 2.05) is 12.1 Å². The lowest BCUT2D eigenvalue weighted by Gasteiger charge is -2.41. The molecule has 0 radical (unpaired) electrons. The van der Waals surface area contributed by atoms with Crippen LogP contribution in [-0.4, -0.2) is 63.3 Å². The molecule has 138 valence electrons. The fourth-order valence-corrected chi connectivity index (χ4v) is 2.74. The zero-order chi connectivity index (χ0) is 18.2. The molecule has 1 saturated carbocycles. The van der Waals surface area contributed by atoms with E-state index >= 15 is 0 Å². The number of anilines is 1. The van der Waals surface area contributed by atoms with E-state index in [4.69, 9.17) is 14.2 Å². The second-order valence-corrected chi connectivity index (χ2v) is 6.03. The number of benzene rings is 1. The molecule has 7 heteroatoms. The molecule has 1 aliphatic carbocycles. The van der Waals surface area contributed by atoms with E-state index in [-0.39, 0.29) is 12.1 Å². The Morgan fingerprint density at radius 2 is 2.04 bits per heavy atom. The molecule has 0 aliphatic heterocycles. The Hall–Kier alpha value is -1.96. The molecule has 2 atom stereocenters. The highest BCUT2D eigenvalue weighted by atomic mass is 16.5. The van der Waals surface area contributed by atoms with E-state index in [0.29, 0.717) is 25.5 Å². The van der Waals surface area contributed by atoms with Crippen LogP contribution in [0.3, 0.4) is 0 Å². The summed E-state index contributed by atoms with van der Waals surface area (Å²) in [4.78, 5) is 26.0. The van der Waals surface area contributed by atoms with Crippen LogP contribution in [0.4, 0.5) is 5.69 Å². The molecule has 1 aliphatic rings. The first-order chi connectivity index (χ1) is 12.1. The van der Waals surface area contributed by atoms with Crippen LogP contribution in [-0.2, 0) is 30.4 Å². The number of methoxy groups -OCH3 is 2. The Kier molecular flexibility index (Phi) is 7.36. The van der Waals surface area contributed by atoms with Gasteiger partial charge in [0.15, 0.2) is 0 Å². The Morgan fingerprint density at radius 3 is 2.68 bits per heavy atom. The Bertz CT molecular complexity index is 591. The van der Waals surface area contributed by atoms with Gasteiger partial charge in [0.2, 0.25) is 0 Å². The summed E-state index contributed by atoms with van der Waals surface area (Å²) in [6, 6.07) is 7.20. The zero-order valence-corrected chi connectivity index (χ0v) is 15.0. The minimum absolute atomic E-state index is 0.00864. The van der Waals surface area contributed by atoms with Crippen molar-refractivity contribution in [2.75, 3.05) is 39.8 Å². The second kappa shape index (κ2) is 9.50. The molecule has 0 bridgehead atoms. The van der Waals surface area contributed by atoms with Crippen LogP contribution >= 0.6 is 0 Å². The van der Waals surface area contributed by atoms with Crippen LogP contribution in [0.15, 0.2) is 24.3 Å². The monoisotopic (exact) mass is 350 g/mol. The summed E-state index contributed by atoms with van der Waals surface area (Å²) in [5, 5.41) is 2.65. The lowest BCUT2D eigenvalue weighted by molar-refractivity contribution is -0.148. The maximum atomic E-state index is 12.3. The summed E-state index contributed by atoms with van der Waals surface area (Å²) in [5.41, 5.74) is 1.48. The molecule has 2 rings (SSSR count). The first-order valence-corrected chi connectivity index (χ1v) is 8.33. The van der Waals surface area contributed by atoms with E-state index in [0.717, 1.165) is 18.4 Å². The zero-order valence-electron chi connectivity index (χ0n) is 15.0. The van der Waals surface area contributed by atoms with Gasteiger partial charge >= 0.3 is 11.8 Å². The third-order valence-electron chi connectivity index (χ3n) is 4.38. The molecular formula is C18H26N2O5. The lowest BCUT2D eigenvalue weighted by Crippen LogP contribution is -2.54. The van der Waals surface area contributed by atoms with E-state index in [2.05, 4.69) is 5.32 Å². The van der Waals surface area contributed by atoms with Crippen molar-refractivity contribution >= 4 is 17.5 Å². The smallest absolute Gasteiger partial charge is 0.313 e. The number of nitrogens with zero attached hydrogens (tertiary/aromatic N) is 1. The fraction of sp³-hybridized carbons (Fsp3) is 0.556. The van der Waals surface area contributed by atoms with Crippen molar-refractivity contribution in [2.24, 2.45) is 0 Å². The fourth-order valence-electron chi connectivity index (χ4n) is 2.74. The van der Waals surface area contributed by atoms with Crippen molar-refractivity contribution in [1.29, 1.82) is 0 Å². The summed E-state index contributed by atoms with van der Waals surface area (Å²) in [7, 11) is 4.87. The Balaban J connectivity index is 1.88. The molecule has 0 saturated heterocycles. The molecule has 1 fully saturated rings. The van der Waals surface area contributed by atoms with Crippen molar-refractivity contribution in [2.45, 2.75) is 31.6 Å². The first kappa shape index (κ1) is 19.4. The number of hydrogen-bond donors (Lipinski definition) is 1. The van der Waals surface area contributed by atoms with E-state index in [1.165, 1.54) is 4.90 Å². The van der Waals surface area contributed by atoms with Gasteiger partial charge in [0.25, 0.3) is 0 Å². The molecule has 7 nitrogen and oxygen atoms in total. The average Bonchev–Trinajstić information content (AvgIpc) is 2.58. The number of rotatable bonds is 8. The summed E-state index contributed by atoms with van der Waals surface area (Å²) in [6.45, 7) is 1.44. The first-order valence-electron chi connectivity index (χ1n) is 8.33. The molecule has 0 spiro atoms.